The van der Waals surface area contributed by atoms with Crippen molar-refractivity contribution in [2.24, 2.45) is 17.8 Å². The van der Waals surface area contributed by atoms with Crippen LogP contribution in [-0.2, 0) is 9.59 Å². The average molecular weight is 389 g/mol. The van der Waals surface area contributed by atoms with Crippen LogP contribution >= 0.6 is 0 Å². The fourth-order valence-corrected chi connectivity index (χ4v) is 4.90. The van der Waals surface area contributed by atoms with E-state index >= 15 is 0 Å². The van der Waals surface area contributed by atoms with E-state index in [0.717, 1.165) is 65.2 Å². The SMILES string of the molecule is CC(C)N1CCN(CCC(=O)N2CC3CC(CN[C-]=O)CC3C2)CC1.[K+]. The molecule has 0 aromatic heterocycles. The zero-order valence-electron chi connectivity index (χ0n) is 16.7. The van der Waals surface area contributed by atoms with Gasteiger partial charge in [-0.3, -0.25) is 9.69 Å². The largest absolute Gasteiger partial charge is 1.00 e. The van der Waals surface area contributed by atoms with Gasteiger partial charge in [0, 0.05) is 58.3 Å². The molecule has 3 fully saturated rings. The minimum absolute atomic E-state index is 0. The molecule has 7 heteroatoms. The van der Waals surface area contributed by atoms with Gasteiger partial charge in [-0.05, 0) is 51.0 Å². The van der Waals surface area contributed by atoms with E-state index in [1.807, 2.05) is 0 Å². The number of nitrogens with zero attached hydrogens (tertiary/aromatic N) is 3. The predicted molar refractivity (Wildman–Crippen MR) is 97.7 cm³/mol. The molecule has 2 amide bonds. The molecule has 2 unspecified atom stereocenters. The Hall–Kier alpha value is 0.496. The Bertz CT molecular complexity index is 454. The number of carbonyl (C=O) groups excluding carboxylic acids is 2. The molecule has 2 aliphatic heterocycles. The number of piperazine rings is 1. The monoisotopic (exact) mass is 388 g/mol. The minimum atomic E-state index is 0. The van der Waals surface area contributed by atoms with Gasteiger partial charge in [-0.25, -0.2) is 0 Å². The number of carbonyl (C=O) groups is 1. The zero-order chi connectivity index (χ0) is 17.8. The van der Waals surface area contributed by atoms with E-state index in [2.05, 4.69) is 33.9 Å². The molecular weight excluding hydrogens is 355 g/mol. The summed E-state index contributed by atoms with van der Waals surface area (Å²) >= 11 is 0. The van der Waals surface area contributed by atoms with Crippen LogP contribution in [-0.4, -0.2) is 85.4 Å². The van der Waals surface area contributed by atoms with Crippen LogP contribution in [0, 0.1) is 17.8 Å². The molecule has 0 radical (unpaired) electrons. The molecule has 26 heavy (non-hydrogen) atoms. The number of hydrogen-bond acceptors (Lipinski definition) is 4. The van der Waals surface area contributed by atoms with Crippen molar-refractivity contribution in [3.8, 4) is 0 Å². The number of hydrogen-bond donors (Lipinski definition) is 1. The number of fused-ring (bicyclic) bond motifs is 1. The van der Waals surface area contributed by atoms with Crippen molar-refractivity contribution >= 4 is 12.3 Å². The van der Waals surface area contributed by atoms with Crippen LogP contribution in [0.1, 0.15) is 33.1 Å². The smallest absolute Gasteiger partial charge is 0.530 e. The summed E-state index contributed by atoms with van der Waals surface area (Å²) in [7, 11) is 0. The Labute approximate surface area is 200 Å². The molecule has 6 nitrogen and oxygen atoms in total. The number of rotatable bonds is 7. The van der Waals surface area contributed by atoms with E-state index in [-0.39, 0.29) is 51.4 Å². The summed E-state index contributed by atoms with van der Waals surface area (Å²) in [6.45, 7) is 12.4. The van der Waals surface area contributed by atoms with E-state index in [0.29, 0.717) is 36.1 Å². The van der Waals surface area contributed by atoms with Gasteiger partial charge >= 0.3 is 51.4 Å². The van der Waals surface area contributed by atoms with Crippen LogP contribution in [0.2, 0.25) is 0 Å². The number of amides is 2. The molecule has 0 bridgehead atoms. The Morgan fingerprint density at radius 1 is 1.12 bits per heavy atom. The molecule has 0 aromatic rings. The molecule has 142 valence electrons. The molecule has 1 saturated carbocycles. The van der Waals surface area contributed by atoms with Crippen LogP contribution in [0.3, 0.4) is 0 Å². The summed E-state index contributed by atoms with van der Waals surface area (Å²) in [6, 6.07) is 0.622. The van der Waals surface area contributed by atoms with Gasteiger partial charge < -0.3 is 19.9 Å². The normalized spacial score (nSPS) is 29.5. The first-order valence-electron chi connectivity index (χ1n) is 9.91. The van der Waals surface area contributed by atoms with E-state index in [9.17, 15) is 9.59 Å². The second kappa shape index (κ2) is 10.9. The molecule has 1 aliphatic carbocycles. The van der Waals surface area contributed by atoms with Crippen molar-refractivity contribution in [1.29, 1.82) is 0 Å². The molecule has 3 rings (SSSR count). The summed E-state index contributed by atoms with van der Waals surface area (Å²) in [5, 5.41) is 2.69. The molecule has 2 saturated heterocycles. The Morgan fingerprint density at radius 2 is 1.73 bits per heavy atom. The van der Waals surface area contributed by atoms with Gasteiger partial charge in [-0.2, -0.15) is 6.41 Å². The third kappa shape index (κ3) is 5.99. The third-order valence-corrected chi connectivity index (χ3v) is 6.44. The van der Waals surface area contributed by atoms with Gasteiger partial charge in [0.1, 0.15) is 0 Å². The first kappa shape index (κ1) is 22.8. The summed E-state index contributed by atoms with van der Waals surface area (Å²) in [5.41, 5.74) is 0. The standard InChI is InChI=1S/C19H33N4O2.K/c1-15(2)22-7-5-21(6-8-22)4-3-19(25)23-12-17-9-16(11-20-14-24)10-18(17)13-23;/h15-18H,3-13H2,1-2H3,(H,20,24);/q-1;+1. The molecule has 2 heterocycles. The molecule has 1 N–H and O–H groups in total. The maximum atomic E-state index is 12.6. The third-order valence-electron chi connectivity index (χ3n) is 6.44. The van der Waals surface area contributed by atoms with E-state index < -0.39 is 0 Å². The van der Waals surface area contributed by atoms with Gasteiger partial charge in [0.2, 0.25) is 5.91 Å². The topological polar surface area (TPSA) is 55.9 Å². The summed E-state index contributed by atoms with van der Waals surface area (Å²) < 4.78 is 0. The Morgan fingerprint density at radius 3 is 2.27 bits per heavy atom. The van der Waals surface area contributed by atoms with E-state index in [4.69, 9.17) is 0 Å². The van der Waals surface area contributed by atoms with E-state index in [1.54, 1.807) is 6.41 Å². The molecule has 3 aliphatic rings. The second-order valence-electron chi connectivity index (χ2n) is 8.36. The van der Waals surface area contributed by atoms with Crippen LogP contribution in [0.5, 0.6) is 0 Å². The van der Waals surface area contributed by atoms with Crippen molar-refractivity contribution in [3.05, 3.63) is 0 Å². The van der Waals surface area contributed by atoms with Crippen molar-refractivity contribution in [1.82, 2.24) is 20.0 Å². The Kier molecular flexibility index (Phi) is 9.54. The first-order valence-corrected chi connectivity index (χ1v) is 9.91. The summed E-state index contributed by atoms with van der Waals surface area (Å²) in [4.78, 5) is 29.9. The summed E-state index contributed by atoms with van der Waals surface area (Å²) in [5.74, 6) is 2.18. The molecule has 0 spiro atoms. The fourth-order valence-electron chi connectivity index (χ4n) is 4.90. The van der Waals surface area contributed by atoms with Gasteiger partial charge in [-0.1, -0.05) is 0 Å². The fraction of sp³-hybridized carbons (Fsp3) is 0.895. The minimum Gasteiger partial charge on any atom is -0.530 e. The van der Waals surface area contributed by atoms with Crippen LogP contribution in [0.15, 0.2) is 0 Å². The van der Waals surface area contributed by atoms with Gasteiger partial charge in [0.25, 0.3) is 0 Å². The average Bonchev–Trinajstić information content (AvgIpc) is 3.16. The molecule has 0 aromatic carbocycles. The van der Waals surface area contributed by atoms with Crippen LogP contribution in [0.4, 0.5) is 0 Å². The predicted octanol–water partition coefficient (Wildman–Crippen LogP) is -2.45. The van der Waals surface area contributed by atoms with Crippen molar-refractivity contribution in [2.75, 3.05) is 52.4 Å². The van der Waals surface area contributed by atoms with Crippen molar-refractivity contribution in [2.45, 2.75) is 39.2 Å². The van der Waals surface area contributed by atoms with Gasteiger partial charge in [0.05, 0.1) is 0 Å². The first-order chi connectivity index (χ1) is 12.1. The Balaban J connectivity index is 0.00000243. The quantitative estimate of drug-likeness (QED) is 0.299. The van der Waals surface area contributed by atoms with Crippen molar-refractivity contribution < 1.29 is 61.0 Å². The van der Waals surface area contributed by atoms with Gasteiger partial charge in [0.15, 0.2) is 0 Å². The maximum absolute atomic E-state index is 12.6. The van der Waals surface area contributed by atoms with Gasteiger partial charge in [-0.15, -0.1) is 0 Å². The molecule has 2 atom stereocenters. The maximum Gasteiger partial charge on any atom is 1.00 e. The summed E-state index contributed by atoms with van der Waals surface area (Å²) in [6.07, 6.45) is 4.71. The van der Waals surface area contributed by atoms with Crippen molar-refractivity contribution in [3.63, 3.8) is 0 Å². The number of nitrogens with one attached hydrogen (secondary N) is 1. The number of likely N-dealkylation sites (tertiary alicyclic amines) is 1. The second-order valence-corrected chi connectivity index (χ2v) is 8.36. The van der Waals surface area contributed by atoms with E-state index in [1.165, 1.54) is 0 Å². The molecular formula is C19H33KN4O2. The van der Waals surface area contributed by atoms with Crippen LogP contribution in [0.25, 0.3) is 0 Å². The van der Waals surface area contributed by atoms with Crippen LogP contribution < -0.4 is 56.7 Å². The zero-order valence-corrected chi connectivity index (χ0v) is 19.9.